The number of amides is 1. The second-order valence-corrected chi connectivity index (χ2v) is 2.70. The summed E-state index contributed by atoms with van der Waals surface area (Å²) in [5.74, 6) is -0.0111. The van der Waals surface area contributed by atoms with Crippen LogP contribution in [0, 0.1) is 0 Å². The molecule has 0 aromatic rings. The smallest absolute Gasteiger partial charge is 0.246 e. The van der Waals surface area contributed by atoms with Gasteiger partial charge in [-0.15, -0.1) is 0 Å². The molecule has 0 radical (unpaired) electrons. The number of hydrogen-bond donors (Lipinski definition) is 3. The molecule has 2 N–H and O–H groups in total. The van der Waals surface area contributed by atoms with Gasteiger partial charge in [-0.05, 0) is 19.4 Å². The highest BCUT2D eigenvalue weighted by Crippen LogP contribution is 2.06. The summed E-state index contributed by atoms with van der Waals surface area (Å²) in [7, 11) is 0. The van der Waals surface area contributed by atoms with E-state index in [1.54, 1.807) is 0 Å². The summed E-state index contributed by atoms with van der Waals surface area (Å²) in [5, 5.41) is 3.11. The molecule has 0 saturated carbocycles. The van der Waals surface area contributed by atoms with Crippen molar-refractivity contribution in [3.8, 4) is 0 Å². The lowest BCUT2D eigenvalue weighted by Crippen LogP contribution is -2.44. The van der Waals surface area contributed by atoms with Crippen molar-refractivity contribution in [1.82, 2.24) is 10.0 Å². The number of rotatable bonds is 1. The fraction of sp³-hybridized carbons (Fsp3) is 0.833. The highest BCUT2D eigenvalue weighted by atomic mass is 32.1. The van der Waals surface area contributed by atoms with Gasteiger partial charge in [-0.1, -0.05) is 19.2 Å². The normalized spacial score (nSPS) is 25.9. The van der Waals surface area contributed by atoms with Gasteiger partial charge in [-0.25, -0.2) is 0 Å². The topological polar surface area (TPSA) is 41.1 Å². The molecule has 1 saturated heterocycles. The fourth-order valence-corrected chi connectivity index (χ4v) is 1.31. The van der Waals surface area contributed by atoms with Crippen molar-refractivity contribution >= 4 is 18.7 Å². The quantitative estimate of drug-likeness (QED) is 0.476. The lowest BCUT2D eigenvalue weighted by atomic mass is 10.1. The molecule has 0 aromatic heterocycles. The summed E-state index contributed by atoms with van der Waals surface area (Å²) < 4.78 is 2.33. The van der Waals surface area contributed by atoms with Crippen molar-refractivity contribution in [2.45, 2.75) is 25.3 Å². The molecule has 1 aliphatic rings. The average Bonchev–Trinajstić information content (AvgIpc) is 2.05. The van der Waals surface area contributed by atoms with Crippen LogP contribution in [0.3, 0.4) is 0 Å². The standard InChI is InChI=1S/C6H12N2OS/c9-6(8-10)5-3-1-2-4-7-5/h5,7,10H,1-4H2,(H,8,9). The maximum Gasteiger partial charge on any atom is 0.246 e. The van der Waals surface area contributed by atoms with Gasteiger partial charge in [0.25, 0.3) is 0 Å². The molecule has 0 bridgehead atoms. The van der Waals surface area contributed by atoms with Gasteiger partial charge in [0.05, 0.1) is 6.04 Å². The Bertz CT molecular complexity index is 123. The molecule has 1 unspecified atom stereocenters. The second kappa shape index (κ2) is 3.83. The third-order valence-electron chi connectivity index (χ3n) is 1.74. The third kappa shape index (κ3) is 1.88. The summed E-state index contributed by atoms with van der Waals surface area (Å²) in [6, 6.07) is -0.00810. The van der Waals surface area contributed by atoms with Gasteiger partial charge in [0.15, 0.2) is 0 Å². The Hall–Kier alpha value is -0.220. The first-order valence-corrected chi connectivity index (χ1v) is 3.96. The Balaban J connectivity index is 2.31. The summed E-state index contributed by atoms with van der Waals surface area (Å²) in [5.41, 5.74) is 0. The van der Waals surface area contributed by atoms with Crippen molar-refractivity contribution in [1.29, 1.82) is 0 Å². The first-order valence-electron chi connectivity index (χ1n) is 3.52. The number of nitrogens with one attached hydrogen (secondary N) is 2. The van der Waals surface area contributed by atoms with Gasteiger partial charge >= 0.3 is 0 Å². The molecule has 0 aromatic carbocycles. The van der Waals surface area contributed by atoms with Crippen molar-refractivity contribution in [2.24, 2.45) is 0 Å². The van der Waals surface area contributed by atoms with Crippen LogP contribution >= 0.6 is 12.8 Å². The molecule has 0 aliphatic carbocycles. The van der Waals surface area contributed by atoms with Crippen LogP contribution in [-0.2, 0) is 4.79 Å². The van der Waals surface area contributed by atoms with Crippen LogP contribution in [-0.4, -0.2) is 18.5 Å². The van der Waals surface area contributed by atoms with Crippen LogP contribution in [0.5, 0.6) is 0 Å². The van der Waals surface area contributed by atoms with Crippen LogP contribution in [0.15, 0.2) is 0 Å². The molecule has 1 heterocycles. The Kier molecular flexibility index (Phi) is 3.02. The van der Waals surface area contributed by atoms with Crippen LogP contribution in [0.1, 0.15) is 19.3 Å². The molecule has 4 heteroatoms. The zero-order valence-electron chi connectivity index (χ0n) is 5.76. The maximum absolute atomic E-state index is 10.9. The average molecular weight is 160 g/mol. The predicted octanol–water partition coefficient (Wildman–Crippen LogP) is 0.0895. The minimum atomic E-state index is -0.0111. The van der Waals surface area contributed by atoms with Gasteiger partial charge in [0.1, 0.15) is 0 Å². The zero-order valence-corrected chi connectivity index (χ0v) is 6.66. The SMILES string of the molecule is O=C(NS)C1CCCCN1. The molecule has 10 heavy (non-hydrogen) atoms. The minimum Gasteiger partial charge on any atom is -0.306 e. The molecule has 1 amide bonds. The number of thiol groups is 1. The van der Waals surface area contributed by atoms with Gasteiger partial charge in [-0.2, -0.15) is 0 Å². The van der Waals surface area contributed by atoms with E-state index in [0.717, 1.165) is 19.4 Å². The van der Waals surface area contributed by atoms with Gasteiger partial charge in [0, 0.05) is 0 Å². The number of carbonyl (C=O) groups is 1. The van der Waals surface area contributed by atoms with Crippen LogP contribution in [0.25, 0.3) is 0 Å². The summed E-state index contributed by atoms with van der Waals surface area (Å²) in [4.78, 5) is 10.9. The molecule has 1 atom stereocenters. The summed E-state index contributed by atoms with van der Waals surface area (Å²) in [6.07, 6.45) is 3.25. The third-order valence-corrected chi connectivity index (χ3v) is 1.96. The lowest BCUT2D eigenvalue weighted by molar-refractivity contribution is -0.121. The molecule has 1 rings (SSSR count). The first-order chi connectivity index (χ1) is 4.84. The van der Waals surface area contributed by atoms with Crippen molar-refractivity contribution < 1.29 is 4.79 Å². The molecular weight excluding hydrogens is 148 g/mol. The molecule has 1 fully saturated rings. The van der Waals surface area contributed by atoms with Crippen LogP contribution < -0.4 is 10.0 Å². The van der Waals surface area contributed by atoms with E-state index in [0.29, 0.717) is 0 Å². The van der Waals surface area contributed by atoms with Crippen LogP contribution in [0.4, 0.5) is 0 Å². The van der Waals surface area contributed by atoms with E-state index in [1.165, 1.54) is 6.42 Å². The van der Waals surface area contributed by atoms with E-state index in [9.17, 15) is 4.79 Å². The van der Waals surface area contributed by atoms with E-state index in [1.807, 2.05) is 0 Å². The lowest BCUT2D eigenvalue weighted by Gasteiger charge is -2.20. The molecular formula is C6H12N2OS. The van der Waals surface area contributed by atoms with E-state index >= 15 is 0 Å². The summed E-state index contributed by atoms with van der Waals surface area (Å²) in [6.45, 7) is 0.950. The number of piperidine rings is 1. The van der Waals surface area contributed by atoms with Gasteiger partial charge in [-0.3, -0.25) is 4.79 Å². The van der Waals surface area contributed by atoms with Crippen molar-refractivity contribution in [2.75, 3.05) is 6.54 Å². The van der Waals surface area contributed by atoms with E-state index < -0.39 is 0 Å². The van der Waals surface area contributed by atoms with Crippen molar-refractivity contribution in [3.63, 3.8) is 0 Å². The highest BCUT2D eigenvalue weighted by Gasteiger charge is 2.18. The zero-order chi connectivity index (χ0) is 7.40. The number of carbonyl (C=O) groups excluding carboxylic acids is 1. The van der Waals surface area contributed by atoms with Crippen LogP contribution in [0.2, 0.25) is 0 Å². The second-order valence-electron chi connectivity index (χ2n) is 2.48. The number of hydrogen-bond acceptors (Lipinski definition) is 3. The van der Waals surface area contributed by atoms with Gasteiger partial charge < -0.3 is 10.0 Å². The minimum absolute atomic E-state index is 0.00810. The predicted molar refractivity (Wildman–Crippen MR) is 42.8 cm³/mol. The molecule has 0 spiro atoms. The first kappa shape index (κ1) is 7.88. The Morgan fingerprint density at radius 3 is 2.90 bits per heavy atom. The highest BCUT2D eigenvalue weighted by molar-refractivity contribution is 7.78. The Labute approximate surface area is 66.1 Å². The fourth-order valence-electron chi connectivity index (χ4n) is 1.15. The van der Waals surface area contributed by atoms with E-state index in [-0.39, 0.29) is 11.9 Å². The molecule has 1 aliphatic heterocycles. The molecule has 58 valence electrons. The van der Waals surface area contributed by atoms with Gasteiger partial charge in [0.2, 0.25) is 5.91 Å². The Morgan fingerprint density at radius 1 is 1.60 bits per heavy atom. The Morgan fingerprint density at radius 2 is 2.40 bits per heavy atom. The largest absolute Gasteiger partial charge is 0.306 e. The monoisotopic (exact) mass is 160 g/mol. The molecule has 3 nitrogen and oxygen atoms in total. The maximum atomic E-state index is 10.9. The van der Waals surface area contributed by atoms with Crippen molar-refractivity contribution in [3.05, 3.63) is 0 Å². The van der Waals surface area contributed by atoms with E-state index in [2.05, 4.69) is 22.9 Å². The van der Waals surface area contributed by atoms with E-state index in [4.69, 9.17) is 0 Å². The summed E-state index contributed by atoms with van der Waals surface area (Å²) >= 11 is 3.69.